The molecule has 1 spiro atoms. The lowest BCUT2D eigenvalue weighted by Gasteiger charge is -2.29. The van der Waals surface area contributed by atoms with Gasteiger partial charge in [0.15, 0.2) is 6.29 Å². The van der Waals surface area contributed by atoms with Crippen LogP contribution in [-0.4, -0.2) is 45.3 Å². The maximum absolute atomic E-state index is 13.3. The normalized spacial score (nSPS) is 24.9. The van der Waals surface area contributed by atoms with E-state index in [1.54, 1.807) is 17.0 Å². The van der Waals surface area contributed by atoms with Crippen LogP contribution in [0.3, 0.4) is 0 Å². The molecule has 30 heavy (non-hydrogen) atoms. The van der Waals surface area contributed by atoms with Gasteiger partial charge in [0.1, 0.15) is 11.4 Å². The maximum atomic E-state index is 13.3. The third-order valence-corrected chi connectivity index (χ3v) is 6.66. The number of fused-ring (bicyclic) bond motifs is 2. The van der Waals surface area contributed by atoms with E-state index in [0.29, 0.717) is 23.5 Å². The Balaban J connectivity index is 1.42. The van der Waals surface area contributed by atoms with Crippen LogP contribution in [0.15, 0.2) is 54.4 Å². The Labute approximate surface area is 172 Å². The van der Waals surface area contributed by atoms with Crippen molar-refractivity contribution in [3.05, 3.63) is 76.9 Å². The third-order valence-electron chi connectivity index (χ3n) is 6.66. The summed E-state index contributed by atoms with van der Waals surface area (Å²) in [6.07, 6.45) is 2.80. The Morgan fingerprint density at radius 1 is 1.37 bits per heavy atom. The van der Waals surface area contributed by atoms with Crippen LogP contribution in [0.4, 0.5) is 0 Å². The highest BCUT2D eigenvalue weighted by molar-refractivity contribution is 6.09. The van der Waals surface area contributed by atoms with Crippen LogP contribution < -0.4 is 0 Å². The second-order valence-electron chi connectivity index (χ2n) is 8.21. The number of piperidine rings is 1. The first-order valence-electron chi connectivity index (χ1n) is 9.90. The predicted molar refractivity (Wildman–Crippen MR) is 108 cm³/mol. The van der Waals surface area contributed by atoms with E-state index in [-0.39, 0.29) is 23.0 Å². The lowest BCUT2D eigenvalue weighted by atomic mass is 9.83. The second-order valence-corrected chi connectivity index (χ2v) is 8.21. The van der Waals surface area contributed by atoms with Crippen molar-refractivity contribution in [2.75, 3.05) is 13.7 Å². The molecule has 1 unspecified atom stereocenters. The summed E-state index contributed by atoms with van der Waals surface area (Å²) in [4.78, 5) is 35.4. The number of aliphatic hydroxyl groups is 1. The molecule has 3 aliphatic rings. The zero-order chi connectivity index (χ0) is 20.6. The Kier molecular flexibility index (Phi) is 3.44. The SMILES string of the molecule is COC(O)c1cnc2c(c1)[C@@]13C[C@@H]1CN(C(=O)c1cc4ccccc4[nH]1)C3=CC2=O. The third kappa shape index (κ3) is 2.19. The van der Waals surface area contributed by atoms with Crippen LogP contribution in [0, 0.1) is 5.92 Å². The van der Waals surface area contributed by atoms with Crippen molar-refractivity contribution >= 4 is 22.6 Å². The number of methoxy groups -OCH3 is 1. The van der Waals surface area contributed by atoms with Gasteiger partial charge in [-0.15, -0.1) is 0 Å². The van der Waals surface area contributed by atoms with Gasteiger partial charge in [0.2, 0.25) is 5.78 Å². The van der Waals surface area contributed by atoms with Crippen LogP contribution >= 0.6 is 0 Å². The van der Waals surface area contributed by atoms with Crippen molar-refractivity contribution < 1.29 is 19.4 Å². The van der Waals surface area contributed by atoms with Crippen LogP contribution in [0.25, 0.3) is 10.9 Å². The molecule has 1 amide bonds. The standard InChI is InChI=1S/C23H19N3O4/c1-30-22(29)13-6-15-20(24-10-13)18(27)8-19-23(15)9-14(23)11-26(19)21(28)17-7-12-4-2-3-5-16(12)25-17/h2-8,10,14,22,25,29H,9,11H2,1H3/t14-,22?,23-/m1/s1. The number of ketones is 1. The van der Waals surface area contributed by atoms with Gasteiger partial charge in [-0.2, -0.15) is 0 Å². The highest BCUT2D eigenvalue weighted by Crippen LogP contribution is 2.66. The first-order chi connectivity index (χ1) is 14.5. The monoisotopic (exact) mass is 401 g/mol. The van der Waals surface area contributed by atoms with Gasteiger partial charge in [0.05, 0.1) is 0 Å². The maximum Gasteiger partial charge on any atom is 0.274 e. The average molecular weight is 401 g/mol. The van der Waals surface area contributed by atoms with E-state index in [1.165, 1.54) is 13.3 Å². The van der Waals surface area contributed by atoms with Gasteiger partial charge in [-0.1, -0.05) is 18.2 Å². The minimum Gasteiger partial charge on any atom is -0.364 e. The Hall–Kier alpha value is -3.29. The van der Waals surface area contributed by atoms with Gasteiger partial charge in [-0.25, -0.2) is 0 Å². The number of nitrogens with one attached hydrogen (secondary N) is 1. The fourth-order valence-electron chi connectivity index (χ4n) is 5.11. The Morgan fingerprint density at radius 3 is 3.00 bits per heavy atom. The van der Waals surface area contributed by atoms with Crippen molar-refractivity contribution in [1.29, 1.82) is 0 Å². The van der Waals surface area contributed by atoms with E-state index in [1.807, 2.05) is 30.3 Å². The quantitative estimate of drug-likeness (QED) is 0.658. The number of carbonyl (C=O) groups excluding carboxylic acids is 2. The number of benzene rings is 1. The summed E-state index contributed by atoms with van der Waals surface area (Å²) >= 11 is 0. The van der Waals surface area contributed by atoms with Crippen molar-refractivity contribution in [1.82, 2.24) is 14.9 Å². The summed E-state index contributed by atoms with van der Waals surface area (Å²) in [5.41, 5.74) is 3.45. The summed E-state index contributed by atoms with van der Waals surface area (Å²) in [6.45, 7) is 0.559. The number of aromatic amines is 1. The molecule has 3 heterocycles. The molecule has 1 saturated carbocycles. The molecule has 2 aliphatic carbocycles. The molecule has 2 N–H and O–H groups in total. The molecular formula is C23H19N3O4. The molecule has 2 aromatic heterocycles. The van der Waals surface area contributed by atoms with E-state index in [9.17, 15) is 14.7 Å². The van der Waals surface area contributed by atoms with E-state index in [2.05, 4.69) is 9.97 Å². The summed E-state index contributed by atoms with van der Waals surface area (Å²) in [5, 5.41) is 11.0. The molecule has 7 nitrogen and oxygen atoms in total. The molecule has 0 radical (unpaired) electrons. The first-order valence-corrected chi connectivity index (χ1v) is 9.90. The second kappa shape index (κ2) is 5.87. The summed E-state index contributed by atoms with van der Waals surface area (Å²) in [6, 6.07) is 11.4. The van der Waals surface area contributed by atoms with E-state index in [4.69, 9.17) is 4.74 Å². The van der Waals surface area contributed by atoms with E-state index >= 15 is 0 Å². The number of allylic oxidation sites excluding steroid dienone is 2. The van der Waals surface area contributed by atoms with Gasteiger partial charge < -0.3 is 19.7 Å². The van der Waals surface area contributed by atoms with Gasteiger partial charge in [-0.3, -0.25) is 14.6 Å². The highest BCUT2D eigenvalue weighted by Gasteiger charge is 2.67. The molecule has 1 aromatic carbocycles. The number of rotatable bonds is 3. The number of hydrogen-bond donors (Lipinski definition) is 2. The lowest BCUT2D eigenvalue weighted by Crippen LogP contribution is -2.34. The number of hydrogen-bond acceptors (Lipinski definition) is 5. The number of nitrogens with zero attached hydrogens (tertiary/aromatic N) is 2. The van der Waals surface area contributed by atoms with Crippen molar-refractivity contribution in [3.63, 3.8) is 0 Å². The average Bonchev–Trinajstić information content (AvgIpc) is 3.15. The largest absolute Gasteiger partial charge is 0.364 e. The lowest BCUT2D eigenvalue weighted by molar-refractivity contribution is -0.0772. The fourth-order valence-corrected chi connectivity index (χ4v) is 5.11. The molecular weight excluding hydrogens is 382 g/mol. The minimum absolute atomic E-state index is 0.138. The Morgan fingerprint density at radius 2 is 2.20 bits per heavy atom. The zero-order valence-corrected chi connectivity index (χ0v) is 16.3. The fraction of sp³-hybridized carbons (Fsp3) is 0.261. The summed E-state index contributed by atoms with van der Waals surface area (Å²) < 4.78 is 5.01. The molecule has 1 saturated heterocycles. The van der Waals surface area contributed by atoms with E-state index < -0.39 is 6.29 Å². The van der Waals surface area contributed by atoms with Gasteiger partial charge in [-0.05, 0) is 36.1 Å². The molecule has 3 aromatic rings. The molecule has 7 heteroatoms. The molecule has 3 atom stereocenters. The molecule has 6 rings (SSSR count). The van der Waals surface area contributed by atoms with Gasteiger partial charge in [0.25, 0.3) is 5.91 Å². The van der Waals surface area contributed by atoms with Gasteiger partial charge >= 0.3 is 0 Å². The van der Waals surface area contributed by atoms with Crippen LogP contribution in [0.5, 0.6) is 0 Å². The minimum atomic E-state index is -1.11. The van der Waals surface area contributed by atoms with E-state index in [0.717, 1.165) is 28.6 Å². The number of aromatic nitrogens is 2. The van der Waals surface area contributed by atoms with Crippen molar-refractivity contribution in [2.45, 2.75) is 18.1 Å². The summed E-state index contributed by atoms with van der Waals surface area (Å²) in [7, 11) is 1.41. The number of H-pyrrole nitrogens is 1. The predicted octanol–water partition coefficient (Wildman–Crippen LogP) is 2.69. The van der Waals surface area contributed by atoms with Gasteiger partial charge in [0, 0.05) is 53.5 Å². The number of likely N-dealkylation sites (tertiary alicyclic amines) is 1. The van der Waals surface area contributed by atoms with Crippen LogP contribution in [0.1, 0.15) is 44.8 Å². The topological polar surface area (TPSA) is 95.5 Å². The number of pyridine rings is 1. The first kappa shape index (κ1) is 17.6. The number of aliphatic hydroxyl groups excluding tert-OH is 1. The number of para-hydroxylation sites is 1. The molecule has 0 bridgehead atoms. The molecule has 150 valence electrons. The number of carbonyl (C=O) groups is 2. The van der Waals surface area contributed by atoms with Crippen LogP contribution in [-0.2, 0) is 10.2 Å². The molecule has 2 fully saturated rings. The van der Waals surface area contributed by atoms with Crippen molar-refractivity contribution in [3.8, 4) is 0 Å². The van der Waals surface area contributed by atoms with Crippen LogP contribution in [0.2, 0.25) is 0 Å². The van der Waals surface area contributed by atoms with Crippen molar-refractivity contribution in [2.24, 2.45) is 5.92 Å². The number of ether oxygens (including phenoxy) is 1. The smallest absolute Gasteiger partial charge is 0.274 e. The zero-order valence-electron chi connectivity index (χ0n) is 16.3. The summed E-state index contributed by atoms with van der Waals surface area (Å²) in [5.74, 6) is -0.118. The highest BCUT2D eigenvalue weighted by atomic mass is 16.6. The molecule has 1 aliphatic heterocycles. The Bertz CT molecular complexity index is 1240. The number of amides is 1.